The lowest BCUT2D eigenvalue weighted by atomic mass is 10.7. The van der Waals surface area contributed by atoms with Gasteiger partial charge in [0.2, 0.25) is 5.28 Å². The molecular formula is C4HBrClIN2. The first-order valence-electron chi connectivity index (χ1n) is 2.04. The van der Waals surface area contributed by atoms with E-state index >= 15 is 0 Å². The van der Waals surface area contributed by atoms with Crippen LogP contribution in [0.25, 0.3) is 0 Å². The highest BCUT2D eigenvalue weighted by Gasteiger charge is 1.95. The average Bonchev–Trinajstić information content (AvgIpc) is 1.59. The maximum Gasteiger partial charge on any atom is 0.224 e. The maximum absolute atomic E-state index is 5.49. The Kier molecular flexibility index (Phi) is 2.66. The van der Waals surface area contributed by atoms with Crippen LogP contribution < -0.4 is 0 Å². The van der Waals surface area contributed by atoms with E-state index in [1.54, 1.807) is 6.07 Å². The Morgan fingerprint density at radius 2 is 2.22 bits per heavy atom. The van der Waals surface area contributed by atoms with E-state index in [2.05, 4.69) is 48.5 Å². The Bertz CT molecular complexity index is 179. The van der Waals surface area contributed by atoms with E-state index in [1.165, 1.54) is 0 Å². The van der Waals surface area contributed by atoms with E-state index < -0.39 is 0 Å². The van der Waals surface area contributed by atoms with E-state index in [0.717, 1.165) is 3.70 Å². The highest BCUT2D eigenvalue weighted by atomic mass is 127. The molecule has 0 saturated heterocycles. The molecule has 0 saturated carbocycles. The summed E-state index contributed by atoms with van der Waals surface area (Å²) in [5.74, 6) is 0. The van der Waals surface area contributed by atoms with Crippen LogP contribution in [0.15, 0.2) is 10.7 Å². The van der Waals surface area contributed by atoms with Crippen LogP contribution in [-0.2, 0) is 0 Å². The molecule has 0 radical (unpaired) electrons. The van der Waals surface area contributed by atoms with Gasteiger partial charge in [0, 0.05) is 6.07 Å². The van der Waals surface area contributed by atoms with E-state index in [0.29, 0.717) is 4.60 Å². The number of nitrogens with zero attached hydrogens (tertiary/aromatic N) is 2. The lowest BCUT2D eigenvalue weighted by Gasteiger charge is -1.90. The molecule has 1 aromatic rings. The highest BCUT2D eigenvalue weighted by molar-refractivity contribution is 14.1. The second kappa shape index (κ2) is 3.12. The number of aromatic nitrogens is 2. The van der Waals surface area contributed by atoms with Gasteiger partial charge in [-0.05, 0) is 50.1 Å². The molecule has 5 heteroatoms. The monoisotopic (exact) mass is 318 g/mol. The van der Waals surface area contributed by atoms with Gasteiger partial charge in [-0.2, -0.15) is 0 Å². The first-order valence-corrected chi connectivity index (χ1v) is 4.29. The number of hydrogen-bond donors (Lipinski definition) is 0. The van der Waals surface area contributed by atoms with Crippen LogP contribution in [0.3, 0.4) is 0 Å². The molecule has 0 atom stereocenters. The van der Waals surface area contributed by atoms with Gasteiger partial charge in [-0.15, -0.1) is 0 Å². The van der Waals surface area contributed by atoms with Gasteiger partial charge in [0.1, 0.15) is 8.30 Å². The third-order valence-electron chi connectivity index (χ3n) is 0.636. The SMILES string of the molecule is Clc1nc(Br)cc(I)n1. The second-order valence-corrected chi connectivity index (χ2v) is 3.54. The fourth-order valence-corrected chi connectivity index (χ4v) is 2.13. The lowest BCUT2D eigenvalue weighted by Crippen LogP contribution is -1.85. The normalized spacial score (nSPS) is 9.67. The molecule has 0 aliphatic rings. The minimum absolute atomic E-state index is 0.272. The van der Waals surface area contributed by atoms with Crippen LogP contribution in [0, 0.1) is 3.70 Å². The smallest absolute Gasteiger partial charge is 0.212 e. The zero-order chi connectivity index (χ0) is 6.85. The molecule has 0 aromatic carbocycles. The molecule has 9 heavy (non-hydrogen) atoms. The summed E-state index contributed by atoms with van der Waals surface area (Å²) in [5.41, 5.74) is 0. The summed E-state index contributed by atoms with van der Waals surface area (Å²) in [7, 11) is 0. The summed E-state index contributed by atoms with van der Waals surface area (Å²) in [6.45, 7) is 0. The van der Waals surface area contributed by atoms with Crippen LogP contribution >= 0.6 is 50.1 Å². The summed E-state index contributed by atoms with van der Waals surface area (Å²) in [6, 6.07) is 1.78. The minimum atomic E-state index is 0.272. The van der Waals surface area contributed by atoms with E-state index in [1.807, 2.05) is 0 Å². The standard InChI is InChI=1S/C4HBrClIN2/c5-2-1-3(7)9-4(6)8-2/h1H. The molecule has 0 fully saturated rings. The zero-order valence-corrected chi connectivity index (χ0v) is 8.61. The summed E-state index contributed by atoms with van der Waals surface area (Å²) < 4.78 is 1.55. The first-order chi connectivity index (χ1) is 4.18. The Hall–Kier alpha value is 0.580. The molecule has 0 aliphatic carbocycles. The van der Waals surface area contributed by atoms with Crippen LogP contribution in [0.1, 0.15) is 0 Å². The van der Waals surface area contributed by atoms with Gasteiger partial charge in [-0.3, -0.25) is 0 Å². The van der Waals surface area contributed by atoms with Gasteiger partial charge >= 0.3 is 0 Å². The van der Waals surface area contributed by atoms with Crippen molar-refractivity contribution >= 4 is 50.1 Å². The molecule has 0 bridgehead atoms. The average molecular weight is 319 g/mol. The predicted octanol–water partition coefficient (Wildman–Crippen LogP) is 2.50. The van der Waals surface area contributed by atoms with Crippen molar-refractivity contribution < 1.29 is 0 Å². The Balaban J connectivity index is 3.17. The molecule has 1 heterocycles. The molecule has 0 aliphatic heterocycles. The Labute approximate surface area is 79.3 Å². The van der Waals surface area contributed by atoms with Crippen molar-refractivity contribution in [3.05, 3.63) is 19.7 Å². The molecule has 0 N–H and O–H groups in total. The van der Waals surface area contributed by atoms with E-state index in [4.69, 9.17) is 11.6 Å². The number of halogens is 3. The summed E-state index contributed by atoms with van der Waals surface area (Å²) in [6.07, 6.45) is 0. The fraction of sp³-hybridized carbons (Fsp3) is 0. The molecule has 1 aromatic heterocycles. The predicted molar refractivity (Wildman–Crippen MR) is 47.5 cm³/mol. The molecule has 0 unspecified atom stereocenters. The zero-order valence-electron chi connectivity index (χ0n) is 4.11. The van der Waals surface area contributed by atoms with Crippen molar-refractivity contribution in [3.63, 3.8) is 0 Å². The molecular weight excluding hydrogens is 318 g/mol. The largest absolute Gasteiger partial charge is 0.224 e. The van der Waals surface area contributed by atoms with Crippen molar-refractivity contribution in [2.24, 2.45) is 0 Å². The third kappa shape index (κ3) is 2.35. The summed E-state index contributed by atoms with van der Waals surface area (Å²) in [5, 5.41) is 0.272. The van der Waals surface area contributed by atoms with Crippen molar-refractivity contribution in [2.45, 2.75) is 0 Å². The Morgan fingerprint density at radius 1 is 1.56 bits per heavy atom. The van der Waals surface area contributed by atoms with Gasteiger partial charge in [-0.25, -0.2) is 9.97 Å². The maximum atomic E-state index is 5.49. The number of hydrogen-bond acceptors (Lipinski definition) is 2. The highest BCUT2D eigenvalue weighted by Crippen LogP contribution is 2.12. The molecule has 48 valence electrons. The first kappa shape index (κ1) is 7.68. The van der Waals surface area contributed by atoms with Crippen molar-refractivity contribution in [1.82, 2.24) is 9.97 Å². The van der Waals surface area contributed by atoms with Gasteiger partial charge < -0.3 is 0 Å². The van der Waals surface area contributed by atoms with E-state index in [-0.39, 0.29) is 5.28 Å². The van der Waals surface area contributed by atoms with Gasteiger partial charge in [0.15, 0.2) is 0 Å². The molecule has 1 rings (SSSR count). The van der Waals surface area contributed by atoms with Gasteiger partial charge in [0.25, 0.3) is 0 Å². The third-order valence-corrected chi connectivity index (χ3v) is 1.76. The molecule has 2 nitrogen and oxygen atoms in total. The lowest BCUT2D eigenvalue weighted by molar-refractivity contribution is 1.11. The fourth-order valence-electron chi connectivity index (χ4n) is 0.364. The van der Waals surface area contributed by atoms with Crippen LogP contribution in [-0.4, -0.2) is 9.97 Å². The van der Waals surface area contributed by atoms with Crippen molar-refractivity contribution in [2.75, 3.05) is 0 Å². The number of rotatable bonds is 0. The second-order valence-electron chi connectivity index (χ2n) is 1.28. The molecule has 0 spiro atoms. The van der Waals surface area contributed by atoms with Gasteiger partial charge in [0.05, 0.1) is 0 Å². The van der Waals surface area contributed by atoms with Crippen LogP contribution in [0.2, 0.25) is 5.28 Å². The van der Waals surface area contributed by atoms with Gasteiger partial charge in [-0.1, -0.05) is 0 Å². The van der Waals surface area contributed by atoms with E-state index in [9.17, 15) is 0 Å². The summed E-state index contributed by atoms with van der Waals surface area (Å²) >= 11 is 10.7. The minimum Gasteiger partial charge on any atom is -0.212 e. The van der Waals surface area contributed by atoms with Crippen LogP contribution in [0.4, 0.5) is 0 Å². The molecule has 0 amide bonds. The quantitative estimate of drug-likeness (QED) is 0.417. The van der Waals surface area contributed by atoms with Crippen LogP contribution in [0.5, 0.6) is 0 Å². The topological polar surface area (TPSA) is 25.8 Å². The summed E-state index contributed by atoms with van der Waals surface area (Å²) in [4.78, 5) is 7.65. The Morgan fingerprint density at radius 3 is 2.67 bits per heavy atom. The van der Waals surface area contributed by atoms with Crippen molar-refractivity contribution in [3.8, 4) is 0 Å². The van der Waals surface area contributed by atoms with Crippen molar-refractivity contribution in [1.29, 1.82) is 0 Å².